The standard InChI is InChI=1S/C13H21ClN2/c1-4-10(3)16(5-2)9-11-12(14)7-6-8-13(11)15/h6-8,10H,4-5,9,15H2,1-3H3. The molecule has 0 saturated heterocycles. The van der Waals surface area contributed by atoms with Gasteiger partial charge in [-0.15, -0.1) is 0 Å². The number of rotatable bonds is 5. The summed E-state index contributed by atoms with van der Waals surface area (Å²) in [5, 5.41) is 0.766. The summed E-state index contributed by atoms with van der Waals surface area (Å²) in [6.07, 6.45) is 1.14. The minimum Gasteiger partial charge on any atom is -0.398 e. The predicted octanol–water partition coefficient (Wildman–Crippen LogP) is 3.54. The molecule has 2 nitrogen and oxygen atoms in total. The van der Waals surface area contributed by atoms with E-state index in [9.17, 15) is 0 Å². The fourth-order valence-corrected chi connectivity index (χ4v) is 2.02. The van der Waals surface area contributed by atoms with Crippen LogP contribution in [-0.4, -0.2) is 17.5 Å². The first-order valence-electron chi connectivity index (χ1n) is 5.87. The molecule has 16 heavy (non-hydrogen) atoms. The second kappa shape index (κ2) is 6.12. The van der Waals surface area contributed by atoms with Gasteiger partial charge in [0, 0.05) is 28.9 Å². The first kappa shape index (κ1) is 13.3. The van der Waals surface area contributed by atoms with Gasteiger partial charge < -0.3 is 5.73 Å². The molecule has 0 bridgehead atoms. The average Bonchev–Trinajstić information content (AvgIpc) is 2.28. The molecule has 0 radical (unpaired) electrons. The van der Waals surface area contributed by atoms with Crippen molar-refractivity contribution in [1.82, 2.24) is 4.90 Å². The van der Waals surface area contributed by atoms with Crippen molar-refractivity contribution < 1.29 is 0 Å². The van der Waals surface area contributed by atoms with E-state index in [2.05, 4.69) is 25.7 Å². The maximum atomic E-state index is 6.17. The molecule has 0 saturated carbocycles. The molecule has 1 aromatic carbocycles. The highest BCUT2D eigenvalue weighted by Crippen LogP contribution is 2.24. The topological polar surface area (TPSA) is 29.3 Å². The quantitative estimate of drug-likeness (QED) is 0.798. The van der Waals surface area contributed by atoms with Gasteiger partial charge in [-0.05, 0) is 32.0 Å². The summed E-state index contributed by atoms with van der Waals surface area (Å²) in [7, 11) is 0. The molecule has 0 aliphatic rings. The summed E-state index contributed by atoms with van der Waals surface area (Å²) in [6, 6.07) is 6.25. The van der Waals surface area contributed by atoms with Crippen LogP contribution in [0.15, 0.2) is 18.2 Å². The van der Waals surface area contributed by atoms with Crippen molar-refractivity contribution in [1.29, 1.82) is 0 Å². The number of nitrogens with two attached hydrogens (primary N) is 1. The van der Waals surface area contributed by atoms with Crippen molar-refractivity contribution in [2.75, 3.05) is 12.3 Å². The number of anilines is 1. The average molecular weight is 241 g/mol. The Morgan fingerprint density at radius 1 is 1.38 bits per heavy atom. The smallest absolute Gasteiger partial charge is 0.0471 e. The lowest BCUT2D eigenvalue weighted by Crippen LogP contribution is -2.32. The van der Waals surface area contributed by atoms with Crippen LogP contribution in [0.5, 0.6) is 0 Å². The van der Waals surface area contributed by atoms with E-state index in [4.69, 9.17) is 17.3 Å². The Labute approximate surface area is 103 Å². The summed E-state index contributed by atoms with van der Waals surface area (Å²) in [5.74, 6) is 0. The van der Waals surface area contributed by atoms with Gasteiger partial charge in [-0.25, -0.2) is 0 Å². The molecule has 3 heteroatoms. The minimum atomic E-state index is 0.556. The lowest BCUT2D eigenvalue weighted by atomic mass is 10.1. The van der Waals surface area contributed by atoms with E-state index in [0.717, 1.165) is 35.8 Å². The van der Waals surface area contributed by atoms with Crippen LogP contribution < -0.4 is 5.73 Å². The Kier molecular flexibility index (Phi) is 5.10. The Morgan fingerprint density at radius 3 is 2.56 bits per heavy atom. The van der Waals surface area contributed by atoms with Gasteiger partial charge in [0.25, 0.3) is 0 Å². The van der Waals surface area contributed by atoms with E-state index < -0.39 is 0 Å². The van der Waals surface area contributed by atoms with Crippen LogP contribution in [0.2, 0.25) is 5.02 Å². The Morgan fingerprint density at radius 2 is 2.06 bits per heavy atom. The molecular formula is C13H21ClN2. The van der Waals surface area contributed by atoms with Crippen LogP contribution in [0.25, 0.3) is 0 Å². The van der Waals surface area contributed by atoms with Crippen molar-refractivity contribution in [3.63, 3.8) is 0 Å². The van der Waals surface area contributed by atoms with E-state index in [1.54, 1.807) is 0 Å². The van der Waals surface area contributed by atoms with E-state index in [1.165, 1.54) is 0 Å². The molecule has 0 fully saturated rings. The lowest BCUT2D eigenvalue weighted by Gasteiger charge is -2.27. The number of nitrogen functional groups attached to an aromatic ring is 1. The van der Waals surface area contributed by atoms with Gasteiger partial charge in [0.2, 0.25) is 0 Å². The van der Waals surface area contributed by atoms with Gasteiger partial charge in [0.15, 0.2) is 0 Å². The highest BCUT2D eigenvalue weighted by atomic mass is 35.5. The highest BCUT2D eigenvalue weighted by Gasteiger charge is 2.13. The molecular weight excluding hydrogens is 220 g/mol. The molecule has 0 heterocycles. The number of halogens is 1. The van der Waals surface area contributed by atoms with Crippen molar-refractivity contribution >= 4 is 17.3 Å². The monoisotopic (exact) mass is 240 g/mol. The van der Waals surface area contributed by atoms with E-state index in [1.807, 2.05) is 18.2 Å². The zero-order chi connectivity index (χ0) is 12.1. The van der Waals surface area contributed by atoms with Gasteiger partial charge in [0.1, 0.15) is 0 Å². The third-order valence-electron chi connectivity index (χ3n) is 3.14. The van der Waals surface area contributed by atoms with Gasteiger partial charge in [-0.3, -0.25) is 4.90 Å². The summed E-state index contributed by atoms with van der Waals surface area (Å²) in [6.45, 7) is 8.44. The largest absolute Gasteiger partial charge is 0.398 e. The predicted molar refractivity (Wildman–Crippen MR) is 71.7 cm³/mol. The van der Waals surface area contributed by atoms with Crippen molar-refractivity contribution in [3.8, 4) is 0 Å². The normalized spacial score (nSPS) is 13.1. The lowest BCUT2D eigenvalue weighted by molar-refractivity contribution is 0.206. The third-order valence-corrected chi connectivity index (χ3v) is 3.49. The van der Waals surface area contributed by atoms with E-state index in [-0.39, 0.29) is 0 Å². The van der Waals surface area contributed by atoms with Crippen molar-refractivity contribution in [2.24, 2.45) is 0 Å². The Bertz CT molecular complexity index is 318. The first-order chi connectivity index (χ1) is 7.60. The van der Waals surface area contributed by atoms with Crippen LogP contribution >= 0.6 is 11.6 Å². The van der Waals surface area contributed by atoms with Crippen molar-refractivity contribution in [2.45, 2.75) is 39.8 Å². The van der Waals surface area contributed by atoms with Crippen LogP contribution in [0.3, 0.4) is 0 Å². The fraction of sp³-hybridized carbons (Fsp3) is 0.538. The third kappa shape index (κ3) is 3.13. The van der Waals surface area contributed by atoms with Crippen LogP contribution in [0, 0.1) is 0 Å². The van der Waals surface area contributed by atoms with Gasteiger partial charge in [0.05, 0.1) is 0 Å². The van der Waals surface area contributed by atoms with E-state index >= 15 is 0 Å². The molecule has 0 aromatic heterocycles. The number of hydrogen-bond acceptors (Lipinski definition) is 2. The maximum Gasteiger partial charge on any atom is 0.0471 e. The number of hydrogen-bond donors (Lipinski definition) is 1. The molecule has 0 amide bonds. The molecule has 0 aliphatic carbocycles. The van der Waals surface area contributed by atoms with E-state index in [0.29, 0.717) is 6.04 Å². The Balaban J connectivity index is 2.85. The maximum absolute atomic E-state index is 6.17. The number of nitrogens with zero attached hydrogens (tertiary/aromatic N) is 1. The SMILES string of the molecule is CCC(C)N(CC)Cc1c(N)cccc1Cl. The molecule has 1 aromatic rings. The van der Waals surface area contributed by atoms with Gasteiger partial charge in [-0.2, -0.15) is 0 Å². The second-order valence-corrected chi connectivity index (χ2v) is 4.54. The first-order valence-corrected chi connectivity index (χ1v) is 6.24. The Hall–Kier alpha value is -0.730. The van der Waals surface area contributed by atoms with Crippen LogP contribution in [0.4, 0.5) is 5.69 Å². The van der Waals surface area contributed by atoms with Crippen LogP contribution in [0.1, 0.15) is 32.8 Å². The molecule has 1 unspecified atom stereocenters. The summed E-state index contributed by atoms with van der Waals surface area (Å²) in [4.78, 5) is 2.39. The van der Waals surface area contributed by atoms with Gasteiger partial charge >= 0.3 is 0 Å². The molecule has 0 spiro atoms. The van der Waals surface area contributed by atoms with Crippen molar-refractivity contribution in [3.05, 3.63) is 28.8 Å². The summed E-state index contributed by atoms with van der Waals surface area (Å²) < 4.78 is 0. The van der Waals surface area contributed by atoms with Crippen LogP contribution in [-0.2, 0) is 6.54 Å². The molecule has 1 atom stereocenters. The molecule has 2 N–H and O–H groups in total. The summed E-state index contributed by atoms with van der Waals surface area (Å²) in [5.41, 5.74) is 7.79. The molecule has 1 rings (SSSR count). The second-order valence-electron chi connectivity index (χ2n) is 4.13. The summed E-state index contributed by atoms with van der Waals surface area (Å²) >= 11 is 6.17. The zero-order valence-corrected chi connectivity index (χ0v) is 11.1. The molecule has 0 aliphatic heterocycles. The minimum absolute atomic E-state index is 0.556. The number of benzene rings is 1. The fourth-order valence-electron chi connectivity index (χ4n) is 1.78. The molecule has 90 valence electrons. The zero-order valence-electron chi connectivity index (χ0n) is 10.3. The van der Waals surface area contributed by atoms with Gasteiger partial charge in [-0.1, -0.05) is 31.5 Å². The highest BCUT2D eigenvalue weighted by molar-refractivity contribution is 6.31.